The summed E-state index contributed by atoms with van der Waals surface area (Å²) >= 11 is 0. The number of ether oxygens (including phenoxy) is 1. The van der Waals surface area contributed by atoms with Crippen molar-refractivity contribution in [3.8, 4) is 0 Å². The first kappa shape index (κ1) is 19.3. The SMILES string of the molecule is Cc1cccc(C)c1CN1CCCC[C@H](NC(=O)OC(C)(C)C)C1=O. The molecule has 0 spiro atoms. The molecule has 0 radical (unpaired) electrons. The average molecular weight is 346 g/mol. The van der Waals surface area contributed by atoms with Gasteiger partial charge in [0, 0.05) is 13.1 Å². The van der Waals surface area contributed by atoms with Gasteiger partial charge in [-0.2, -0.15) is 0 Å². The molecule has 138 valence electrons. The maximum atomic E-state index is 12.9. The van der Waals surface area contributed by atoms with Crippen LogP contribution in [0.25, 0.3) is 0 Å². The zero-order chi connectivity index (χ0) is 18.6. The van der Waals surface area contributed by atoms with Crippen molar-refractivity contribution in [2.75, 3.05) is 6.54 Å². The van der Waals surface area contributed by atoms with Crippen LogP contribution in [-0.4, -0.2) is 35.1 Å². The van der Waals surface area contributed by atoms with Crippen molar-refractivity contribution in [2.45, 2.75) is 72.1 Å². The first-order valence-electron chi connectivity index (χ1n) is 9.01. The Bertz CT molecular complexity index is 614. The normalized spacial score (nSPS) is 18.7. The Labute approximate surface area is 150 Å². The molecule has 1 heterocycles. The number of amides is 2. The minimum atomic E-state index is -0.574. The highest BCUT2D eigenvalue weighted by Gasteiger charge is 2.30. The predicted octanol–water partition coefficient (Wildman–Crippen LogP) is 3.71. The largest absolute Gasteiger partial charge is 0.444 e. The lowest BCUT2D eigenvalue weighted by molar-refractivity contribution is -0.133. The summed E-state index contributed by atoms with van der Waals surface area (Å²) in [7, 11) is 0. The molecule has 2 amide bonds. The van der Waals surface area contributed by atoms with Gasteiger partial charge in [-0.15, -0.1) is 0 Å². The van der Waals surface area contributed by atoms with E-state index in [0.717, 1.165) is 19.4 Å². The molecular weight excluding hydrogens is 316 g/mol. The van der Waals surface area contributed by atoms with Gasteiger partial charge < -0.3 is 15.0 Å². The highest BCUT2D eigenvalue weighted by atomic mass is 16.6. The van der Waals surface area contributed by atoms with Gasteiger partial charge in [-0.1, -0.05) is 18.2 Å². The highest BCUT2D eigenvalue weighted by molar-refractivity contribution is 5.86. The van der Waals surface area contributed by atoms with E-state index in [-0.39, 0.29) is 5.91 Å². The summed E-state index contributed by atoms with van der Waals surface area (Å²) in [6.45, 7) is 10.9. The molecule has 2 rings (SSSR count). The molecule has 25 heavy (non-hydrogen) atoms. The summed E-state index contributed by atoms with van der Waals surface area (Å²) in [5, 5.41) is 2.76. The minimum absolute atomic E-state index is 0.0222. The molecule has 1 N–H and O–H groups in total. The molecule has 5 nitrogen and oxygen atoms in total. The van der Waals surface area contributed by atoms with Crippen LogP contribution in [0.2, 0.25) is 0 Å². The maximum absolute atomic E-state index is 12.9. The molecule has 0 aromatic heterocycles. The van der Waals surface area contributed by atoms with Crippen LogP contribution in [0.3, 0.4) is 0 Å². The molecule has 1 aromatic carbocycles. The molecule has 0 bridgehead atoms. The fraction of sp³-hybridized carbons (Fsp3) is 0.600. The van der Waals surface area contributed by atoms with Crippen LogP contribution < -0.4 is 5.32 Å². The molecule has 0 saturated carbocycles. The van der Waals surface area contributed by atoms with E-state index in [1.165, 1.54) is 16.7 Å². The number of alkyl carbamates (subject to hydrolysis) is 1. The lowest BCUT2D eigenvalue weighted by Gasteiger charge is -2.27. The number of rotatable bonds is 3. The summed E-state index contributed by atoms with van der Waals surface area (Å²) in [5.74, 6) is -0.0222. The first-order valence-corrected chi connectivity index (χ1v) is 9.01. The van der Waals surface area contributed by atoms with Gasteiger partial charge in [0.1, 0.15) is 11.6 Å². The molecule has 5 heteroatoms. The van der Waals surface area contributed by atoms with E-state index < -0.39 is 17.7 Å². The third-order valence-electron chi connectivity index (χ3n) is 4.47. The van der Waals surface area contributed by atoms with Crippen LogP contribution in [0.5, 0.6) is 0 Å². The zero-order valence-corrected chi connectivity index (χ0v) is 16.0. The van der Waals surface area contributed by atoms with Gasteiger partial charge in [-0.05, 0) is 70.6 Å². The molecule has 0 unspecified atom stereocenters. The Morgan fingerprint density at radius 3 is 2.48 bits per heavy atom. The Morgan fingerprint density at radius 1 is 1.24 bits per heavy atom. The monoisotopic (exact) mass is 346 g/mol. The molecule has 1 aliphatic heterocycles. The van der Waals surface area contributed by atoms with Gasteiger partial charge in [-0.3, -0.25) is 4.79 Å². The smallest absolute Gasteiger partial charge is 0.408 e. The summed E-state index contributed by atoms with van der Waals surface area (Å²) in [6.07, 6.45) is 1.99. The van der Waals surface area contributed by atoms with Crippen LogP contribution >= 0.6 is 0 Å². The molecule has 1 saturated heterocycles. The number of likely N-dealkylation sites (tertiary alicyclic amines) is 1. The maximum Gasteiger partial charge on any atom is 0.408 e. The Balaban J connectivity index is 2.09. The van der Waals surface area contributed by atoms with Crippen molar-refractivity contribution in [1.82, 2.24) is 10.2 Å². The molecule has 0 aliphatic carbocycles. The van der Waals surface area contributed by atoms with E-state index in [4.69, 9.17) is 4.74 Å². The van der Waals surface area contributed by atoms with Gasteiger partial charge in [0.05, 0.1) is 0 Å². The van der Waals surface area contributed by atoms with Gasteiger partial charge in [-0.25, -0.2) is 4.79 Å². The number of carbonyl (C=O) groups is 2. The van der Waals surface area contributed by atoms with Gasteiger partial charge in [0.15, 0.2) is 0 Å². The number of aryl methyl sites for hydroxylation is 2. The lowest BCUT2D eigenvalue weighted by atomic mass is 10.0. The summed E-state index contributed by atoms with van der Waals surface area (Å²) in [4.78, 5) is 26.8. The van der Waals surface area contributed by atoms with Gasteiger partial charge >= 0.3 is 6.09 Å². The number of benzene rings is 1. The lowest BCUT2D eigenvalue weighted by Crippen LogP contribution is -2.48. The van der Waals surface area contributed by atoms with Crippen molar-refractivity contribution in [1.29, 1.82) is 0 Å². The van der Waals surface area contributed by atoms with Crippen LogP contribution in [0, 0.1) is 13.8 Å². The van der Waals surface area contributed by atoms with E-state index in [1.807, 2.05) is 31.7 Å². The second-order valence-electron chi connectivity index (χ2n) is 7.82. The second-order valence-corrected chi connectivity index (χ2v) is 7.82. The van der Waals surface area contributed by atoms with Gasteiger partial charge in [0.25, 0.3) is 0 Å². The number of nitrogens with one attached hydrogen (secondary N) is 1. The van der Waals surface area contributed by atoms with Gasteiger partial charge in [0.2, 0.25) is 5.91 Å². The van der Waals surface area contributed by atoms with E-state index >= 15 is 0 Å². The third-order valence-corrected chi connectivity index (χ3v) is 4.47. The number of hydrogen-bond acceptors (Lipinski definition) is 3. The molecule has 1 fully saturated rings. The standard InChI is InChI=1S/C20H30N2O3/c1-14-9-8-10-15(2)16(14)13-22-12-7-6-11-17(18(22)23)21-19(24)25-20(3,4)5/h8-10,17H,6-7,11-13H2,1-5H3,(H,21,24)/t17-/m0/s1. The van der Waals surface area contributed by atoms with Crippen molar-refractivity contribution < 1.29 is 14.3 Å². The summed E-state index contributed by atoms with van der Waals surface area (Å²) in [5.41, 5.74) is 2.99. The quantitative estimate of drug-likeness (QED) is 0.908. The topological polar surface area (TPSA) is 58.6 Å². The Kier molecular flexibility index (Phi) is 6.09. The Morgan fingerprint density at radius 2 is 1.88 bits per heavy atom. The van der Waals surface area contributed by atoms with Crippen LogP contribution in [0.1, 0.15) is 56.7 Å². The molecule has 1 aromatic rings. The van der Waals surface area contributed by atoms with E-state index in [1.54, 1.807) is 0 Å². The predicted molar refractivity (Wildman–Crippen MR) is 98.3 cm³/mol. The van der Waals surface area contributed by atoms with Crippen LogP contribution in [0.4, 0.5) is 4.79 Å². The fourth-order valence-electron chi connectivity index (χ4n) is 3.14. The molecule has 1 aliphatic rings. The van der Waals surface area contributed by atoms with Crippen molar-refractivity contribution in [3.05, 3.63) is 34.9 Å². The number of carbonyl (C=O) groups excluding carboxylic acids is 2. The molecular formula is C20H30N2O3. The fourth-order valence-corrected chi connectivity index (χ4v) is 3.14. The van der Waals surface area contributed by atoms with E-state index in [2.05, 4.69) is 31.3 Å². The second kappa shape index (κ2) is 7.89. The van der Waals surface area contributed by atoms with Crippen molar-refractivity contribution in [3.63, 3.8) is 0 Å². The summed E-state index contributed by atoms with van der Waals surface area (Å²) < 4.78 is 5.30. The Hall–Kier alpha value is -2.04. The van der Waals surface area contributed by atoms with Crippen molar-refractivity contribution >= 4 is 12.0 Å². The minimum Gasteiger partial charge on any atom is -0.444 e. The van der Waals surface area contributed by atoms with Crippen LogP contribution in [-0.2, 0) is 16.1 Å². The van der Waals surface area contributed by atoms with Crippen molar-refractivity contribution in [2.24, 2.45) is 0 Å². The summed E-state index contributed by atoms with van der Waals surface area (Å²) in [6, 6.07) is 5.66. The number of hydrogen-bond donors (Lipinski definition) is 1. The molecule has 1 atom stereocenters. The zero-order valence-electron chi connectivity index (χ0n) is 16.0. The van der Waals surface area contributed by atoms with E-state index in [9.17, 15) is 9.59 Å². The van der Waals surface area contributed by atoms with Crippen LogP contribution in [0.15, 0.2) is 18.2 Å². The third kappa shape index (κ3) is 5.48. The van der Waals surface area contributed by atoms with E-state index in [0.29, 0.717) is 13.0 Å². The average Bonchev–Trinajstić information content (AvgIpc) is 2.64. The first-order chi connectivity index (χ1) is 11.7. The highest BCUT2D eigenvalue weighted by Crippen LogP contribution is 2.20. The number of nitrogens with zero attached hydrogens (tertiary/aromatic N) is 1.